The topological polar surface area (TPSA) is 103 Å². The minimum absolute atomic E-state index is 0.203. The van der Waals surface area contributed by atoms with Crippen molar-refractivity contribution in [1.29, 1.82) is 0 Å². The first kappa shape index (κ1) is 20.5. The highest BCUT2D eigenvalue weighted by molar-refractivity contribution is 5.88. The molecule has 1 aromatic carbocycles. The molecule has 0 bridgehead atoms. The van der Waals surface area contributed by atoms with E-state index in [0.29, 0.717) is 19.5 Å². The lowest BCUT2D eigenvalue weighted by Gasteiger charge is -2.31. The first-order chi connectivity index (χ1) is 12.8. The Kier molecular flexibility index (Phi) is 7.04. The molecule has 1 atom stereocenters. The molecule has 1 aliphatic rings. The molecule has 8 nitrogen and oxygen atoms in total. The molecule has 0 spiro atoms. The van der Waals surface area contributed by atoms with Crippen LogP contribution in [0.4, 0.5) is 9.59 Å². The molecule has 2 rings (SSSR count). The highest BCUT2D eigenvalue weighted by Crippen LogP contribution is 2.18. The number of carbonyl (C=O) groups is 3. The molecule has 0 radical (unpaired) electrons. The van der Waals surface area contributed by atoms with E-state index in [1.54, 1.807) is 4.90 Å². The Morgan fingerprint density at radius 3 is 2.52 bits per heavy atom. The van der Waals surface area contributed by atoms with E-state index in [4.69, 9.17) is 0 Å². The van der Waals surface area contributed by atoms with Crippen molar-refractivity contribution in [2.45, 2.75) is 44.8 Å². The summed E-state index contributed by atoms with van der Waals surface area (Å²) in [6.07, 6.45) is 1.41. The highest BCUT2D eigenvalue weighted by atomic mass is 16.2. The molecule has 0 unspecified atom stereocenters. The summed E-state index contributed by atoms with van der Waals surface area (Å²) in [7, 11) is 1.53. The van der Waals surface area contributed by atoms with E-state index < -0.39 is 11.6 Å². The SMILES string of the molecule is CNC(=O)NCC(C)(C)NC(=O)[C@H]1CCCN1C(=O)NCc1ccccc1. The summed E-state index contributed by atoms with van der Waals surface area (Å²) in [5.74, 6) is -0.203. The van der Waals surface area contributed by atoms with Crippen LogP contribution in [0.3, 0.4) is 0 Å². The fourth-order valence-electron chi connectivity index (χ4n) is 3.01. The predicted molar refractivity (Wildman–Crippen MR) is 103 cm³/mol. The third-order valence-electron chi connectivity index (χ3n) is 4.48. The second kappa shape index (κ2) is 9.25. The zero-order chi connectivity index (χ0) is 19.9. The van der Waals surface area contributed by atoms with Crippen molar-refractivity contribution in [1.82, 2.24) is 26.2 Å². The van der Waals surface area contributed by atoms with E-state index >= 15 is 0 Å². The summed E-state index contributed by atoms with van der Waals surface area (Å²) in [6.45, 7) is 4.91. The minimum atomic E-state index is -0.627. The van der Waals surface area contributed by atoms with Crippen LogP contribution < -0.4 is 21.3 Å². The average molecular weight is 375 g/mol. The van der Waals surface area contributed by atoms with E-state index in [1.807, 2.05) is 44.2 Å². The molecule has 1 heterocycles. The average Bonchev–Trinajstić information content (AvgIpc) is 3.15. The summed E-state index contributed by atoms with van der Waals surface area (Å²) in [5.41, 5.74) is 0.380. The number of benzene rings is 1. The summed E-state index contributed by atoms with van der Waals surface area (Å²) >= 11 is 0. The number of amides is 5. The van der Waals surface area contributed by atoms with Crippen LogP contribution in [-0.4, -0.2) is 54.6 Å². The number of rotatable bonds is 6. The molecular weight excluding hydrogens is 346 g/mol. The van der Waals surface area contributed by atoms with Crippen molar-refractivity contribution in [3.8, 4) is 0 Å². The van der Waals surface area contributed by atoms with Gasteiger partial charge >= 0.3 is 12.1 Å². The van der Waals surface area contributed by atoms with Gasteiger partial charge in [-0.25, -0.2) is 9.59 Å². The Labute approximate surface area is 160 Å². The van der Waals surface area contributed by atoms with Gasteiger partial charge in [-0.1, -0.05) is 30.3 Å². The number of hydrogen-bond acceptors (Lipinski definition) is 3. The molecular formula is C19H29N5O3. The Bertz CT molecular complexity index is 663. The van der Waals surface area contributed by atoms with Crippen LogP contribution in [0.15, 0.2) is 30.3 Å². The molecule has 4 N–H and O–H groups in total. The van der Waals surface area contributed by atoms with Crippen molar-refractivity contribution >= 4 is 18.0 Å². The molecule has 1 aliphatic heterocycles. The lowest BCUT2D eigenvalue weighted by Crippen LogP contribution is -2.57. The first-order valence-electron chi connectivity index (χ1n) is 9.18. The summed E-state index contributed by atoms with van der Waals surface area (Å²) < 4.78 is 0. The predicted octanol–water partition coefficient (Wildman–Crippen LogP) is 1.18. The van der Waals surface area contributed by atoms with Crippen molar-refractivity contribution in [3.63, 3.8) is 0 Å². The fourth-order valence-corrected chi connectivity index (χ4v) is 3.01. The first-order valence-corrected chi connectivity index (χ1v) is 9.18. The minimum Gasteiger partial charge on any atom is -0.348 e. The standard InChI is InChI=1S/C19H29N5O3/c1-19(2,13-22-17(26)20-3)23-16(25)15-10-7-11-24(15)18(27)21-12-14-8-5-4-6-9-14/h4-6,8-9,15H,7,10-13H2,1-3H3,(H,21,27)(H,23,25)(H2,20,22,26)/t15-/m1/s1. The van der Waals surface area contributed by atoms with Crippen LogP contribution in [0.1, 0.15) is 32.3 Å². The third-order valence-corrected chi connectivity index (χ3v) is 4.48. The molecule has 0 aliphatic carbocycles. The molecule has 1 saturated heterocycles. The van der Waals surface area contributed by atoms with E-state index in [1.165, 1.54) is 7.05 Å². The number of carbonyl (C=O) groups excluding carboxylic acids is 3. The van der Waals surface area contributed by atoms with E-state index in [9.17, 15) is 14.4 Å². The maximum atomic E-state index is 12.7. The fraction of sp³-hybridized carbons (Fsp3) is 0.526. The molecule has 8 heteroatoms. The van der Waals surface area contributed by atoms with Gasteiger partial charge < -0.3 is 26.2 Å². The van der Waals surface area contributed by atoms with Crippen molar-refractivity contribution in [3.05, 3.63) is 35.9 Å². The summed E-state index contributed by atoms with van der Waals surface area (Å²) in [4.78, 5) is 38.1. The molecule has 1 aromatic rings. The van der Waals surface area contributed by atoms with Crippen LogP contribution in [0.5, 0.6) is 0 Å². The summed E-state index contributed by atoms with van der Waals surface area (Å²) in [5, 5.41) is 11.0. The quantitative estimate of drug-likeness (QED) is 0.600. The second-order valence-electron chi connectivity index (χ2n) is 7.30. The molecule has 27 heavy (non-hydrogen) atoms. The van der Waals surface area contributed by atoms with Crippen molar-refractivity contribution in [2.75, 3.05) is 20.1 Å². The lowest BCUT2D eigenvalue weighted by molar-refractivity contribution is -0.126. The number of nitrogens with one attached hydrogen (secondary N) is 4. The van der Waals surface area contributed by atoms with E-state index in [0.717, 1.165) is 12.0 Å². The number of urea groups is 2. The molecule has 148 valence electrons. The van der Waals surface area contributed by atoms with Gasteiger partial charge in [0, 0.05) is 26.7 Å². The highest BCUT2D eigenvalue weighted by Gasteiger charge is 2.36. The largest absolute Gasteiger partial charge is 0.348 e. The lowest BCUT2D eigenvalue weighted by atomic mass is 10.0. The Morgan fingerprint density at radius 1 is 1.15 bits per heavy atom. The maximum Gasteiger partial charge on any atom is 0.318 e. The van der Waals surface area contributed by atoms with Gasteiger partial charge in [0.25, 0.3) is 0 Å². The molecule has 0 saturated carbocycles. The van der Waals surface area contributed by atoms with Gasteiger partial charge in [0.05, 0.1) is 5.54 Å². The van der Waals surface area contributed by atoms with Crippen molar-refractivity contribution in [2.24, 2.45) is 0 Å². The van der Waals surface area contributed by atoms with Gasteiger partial charge in [-0.15, -0.1) is 0 Å². The molecule has 1 fully saturated rings. The van der Waals surface area contributed by atoms with Crippen LogP contribution >= 0.6 is 0 Å². The van der Waals surface area contributed by atoms with Gasteiger partial charge in [-0.3, -0.25) is 4.79 Å². The second-order valence-corrected chi connectivity index (χ2v) is 7.30. The molecule has 0 aromatic heterocycles. The van der Waals surface area contributed by atoms with Crippen LogP contribution in [-0.2, 0) is 11.3 Å². The number of hydrogen-bond donors (Lipinski definition) is 4. The zero-order valence-electron chi connectivity index (χ0n) is 16.2. The van der Waals surface area contributed by atoms with Gasteiger partial charge in [0.1, 0.15) is 6.04 Å². The number of nitrogens with zero attached hydrogens (tertiary/aromatic N) is 1. The Hall–Kier alpha value is -2.77. The van der Waals surface area contributed by atoms with Crippen LogP contribution in [0.25, 0.3) is 0 Å². The van der Waals surface area contributed by atoms with Gasteiger partial charge in [-0.2, -0.15) is 0 Å². The third kappa shape index (κ3) is 6.16. The zero-order valence-corrected chi connectivity index (χ0v) is 16.2. The maximum absolute atomic E-state index is 12.7. The van der Waals surface area contributed by atoms with E-state index in [2.05, 4.69) is 21.3 Å². The van der Waals surface area contributed by atoms with Gasteiger partial charge in [0.2, 0.25) is 5.91 Å². The number of likely N-dealkylation sites (tertiary alicyclic amines) is 1. The van der Waals surface area contributed by atoms with E-state index in [-0.39, 0.29) is 24.5 Å². The molecule has 5 amide bonds. The Balaban J connectivity index is 1.89. The van der Waals surface area contributed by atoms with Crippen LogP contribution in [0.2, 0.25) is 0 Å². The Morgan fingerprint density at radius 2 is 1.85 bits per heavy atom. The normalized spacial score (nSPS) is 16.6. The summed E-state index contributed by atoms with van der Waals surface area (Å²) in [6, 6.07) is 8.60. The van der Waals surface area contributed by atoms with Crippen LogP contribution in [0, 0.1) is 0 Å². The van der Waals surface area contributed by atoms with Crippen molar-refractivity contribution < 1.29 is 14.4 Å². The van der Waals surface area contributed by atoms with Gasteiger partial charge in [0.15, 0.2) is 0 Å². The smallest absolute Gasteiger partial charge is 0.318 e. The van der Waals surface area contributed by atoms with Gasteiger partial charge in [-0.05, 0) is 32.3 Å². The monoisotopic (exact) mass is 375 g/mol.